The third-order valence-corrected chi connectivity index (χ3v) is 5.65. The summed E-state index contributed by atoms with van der Waals surface area (Å²) in [6.07, 6.45) is 17.7. The molecule has 0 aromatic carbocycles. The van der Waals surface area contributed by atoms with Crippen LogP contribution in [0, 0.1) is 11.5 Å². The number of aliphatic imine (C=N–C) groups is 1. The number of pyridine rings is 1. The van der Waals surface area contributed by atoms with Crippen LogP contribution < -0.4 is 15.4 Å². The van der Waals surface area contributed by atoms with Crippen LogP contribution in [0.25, 0.3) is 0 Å². The van der Waals surface area contributed by atoms with Crippen LogP contribution in [0.5, 0.6) is 5.88 Å². The van der Waals surface area contributed by atoms with Crippen LogP contribution >= 0.6 is 0 Å². The van der Waals surface area contributed by atoms with Crippen LogP contribution in [-0.4, -0.2) is 44.1 Å². The van der Waals surface area contributed by atoms with Crippen molar-refractivity contribution in [1.82, 2.24) is 4.98 Å². The quantitative estimate of drug-likeness (QED) is 0.180. The van der Waals surface area contributed by atoms with Gasteiger partial charge in [0.2, 0.25) is 18.0 Å². The van der Waals surface area contributed by atoms with Crippen LogP contribution in [0.3, 0.4) is 0 Å². The average Bonchev–Trinajstić information content (AvgIpc) is 2.83. The minimum atomic E-state index is 0.0437. The Balaban J connectivity index is 1.51. The molecule has 1 aliphatic rings. The molecule has 2 heterocycles. The van der Waals surface area contributed by atoms with Gasteiger partial charge in [-0.3, -0.25) is 0 Å². The number of aromatic nitrogens is 1. The fourth-order valence-electron chi connectivity index (χ4n) is 3.81. The van der Waals surface area contributed by atoms with Gasteiger partial charge in [0.1, 0.15) is 0 Å². The van der Waals surface area contributed by atoms with E-state index >= 15 is 0 Å². The predicted octanol–water partition coefficient (Wildman–Crippen LogP) is 4.75. The van der Waals surface area contributed by atoms with Crippen molar-refractivity contribution < 1.29 is 14.2 Å². The van der Waals surface area contributed by atoms with E-state index < -0.39 is 0 Å². The topological polar surface area (TPSA) is 106 Å². The van der Waals surface area contributed by atoms with Gasteiger partial charge < -0.3 is 24.8 Å². The Kier molecular flexibility index (Phi) is 13.2. The van der Waals surface area contributed by atoms with Gasteiger partial charge in [-0.05, 0) is 38.2 Å². The number of ether oxygens (including phenoxy) is 3. The highest BCUT2D eigenvalue weighted by Crippen LogP contribution is 2.18. The highest BCUT2D eigenvalue weighted by Gasteiger charge is 2.13. The van der Waals surface area contributed by atoms with Crippen LogP contribution in [0.1, 0.15) is 77.0 Å². The molecule has 0 bridgehead atoms. The first-order valence-corrected chi connectivity index (χ1v) is 12.0. The Labute approximate surface area is 192 Å². The highest BCUT2D eigenvalue weighted by atomic mass is 16.7. The van der Waals surface area contributed by atoms with Gasteiger partial charge in [-0.1, -0.05) is 44.9 Å². The summed E-state index contributed by atoms with van der Waals surface area (Å²) in [4.78, 5) is 9.74. The molecule has 2 rings (SSSR count). The predicted molar refractivity (Wildman–Crippen MR) is 126 cm³/mol. The smallest absolute Gasteiger partial charge is 0.213 e. The van der Waals surface area contributed by atoms with Gasteiger partial charge in [-0.2, -0.15) is 5.26 Å². The lowest BCUT2D eigenvalue weighted by atomic mass is 10.1. The highest BCUT2D eigenvalue weighted by molar-refractivity contribution is 5.95. The van der Waals surface area contributed by atoms with E-state index in [4.69, 9.17) is 25.2 Å². The lowest BCUT2D eigenvalue weighted by molar-refractivity contribution is -0.162. The summed E-state index contributed by atoms with van der Waals surface area (Å²) in [6, 6.07) is 3.65. The molecule has 8 heteroatoms. The molecular weight excluding hydrogens is 406 g/mol. The summed E-state index contributed by atoms with van der Waals surface area (Å²) < 4.78 is 16.5. The van der Waals surface area contributed by atoms with E-state index in [1.807, 2.05) is 11.0 Å². The molecule has 0 radical (unpaired) electrons. The maximum atomic E-state index is 8.84. The Bertz CT molecular complexity index is 684. The number of nitrogens with two attached hydrogens (primary N) is 1. The van der Waals surface area contributed by atoms with Crippen molar-refractivity contribution >= 4 is 11.6 Å². The molecule has 1 aliphatic heterocycles. The van der Waals surface area contributed by atoms with Crippen LogP contribution in [-0.2, 0) is 9.47 Å². The van der Waals surface area contributed by atoms with E-state index in [0.717, 1.165) is 44.6 Å². The number of rotatable bonds is 15. The second kappa shape index (κ2) is 16.3. The maximum absolute atomic E-state index is 8.84. The number of hydrogen-bond donors (Lipinski definition) is 1. The Morgan fingerprint density at radius 2 is 1.88 bits per heavy atom. The molecule has 0 amide bonds. The molecule has 8 nitrogen and oxygen atoms in total. The van der Waals surface area contributed by atoms with Gasteiger partial charge in [-0.25, -0.2) is 4.98 Å². The number of anilines is 1. The normalized spacial score (nSPS) is 16.5. The molecule has 32 heavy (non-hydrogen) atoms. The van der Waals surface area contributed by atoms with Gasteiger partial charge in [0.25, 0.3) is 0 Å². The minimum absolute atomic E-state index is 0.0437. The fourth-order valence-corrected chi connectivity index (χ4v) is 3.81. The van der Waals surface area contributed by atoms with Gasteiger partial charge in [0.15, 0.2) is 6.29 Å². The molecule has 0 spiro atoms. The summed E-state index contributed by atoms with van der Waals surface area (Å²) in [7, 11) is 1.58. The maximum Gasteiger partial charge on any atom is 0.213 e. The minimum Gasteiger partial charge on any atom is -0.481 e. The molecule has 1 atom stereocenters. The lowest BCUT2D eigenvalue weighted by Gasteiger charge is -2.22. The molecule has 0 saturated carbocycles. The second-order valence-corrected chi connectivity index (χ2v) is 8.13. The van der Waals surface area contributed by atoms with Crippen molar-refractivity contribution in [3.05, 3.63) is 18.3 Å². The molecule has 1 aromatic heterocycles. The van der Waals surface area contributed by atoms with Gasteiger partial charge >= 0.3 is 0 Å². The van der Waals surface area contributed by atoms with Crippen molar-refractivity contribution in [3.63, 3.8) is 0 Å². The first-order valence-electron chi connectivity index (χ1n) is 12.0. The lowest BCUT2D eigenvalue weighted by Crippen LogP contribution is -2.38. The number of methoxy groups -OCH3 is 1. The largest absolute Gasteiger partial charge is 0.481 e. The van der Waals surface area contributed by atoms with Crippen LogP contribution in [0.15, 0.2) is 23.3 Å². The van der Waals surface area contributed by atoms with Crippen molar-refractivity contribution in [1.29, 1.82) is 5.26 Å². The number of hydrogen-bond acceptors (Lipinski definition) is 6. The number of nitriles is 1. The molecule has 1 unspecified atom stereocenters. The Hall–Kier alpha value is -2.37. The van der Waals surface area contributed by atoms with Gasteiger partial charge in [-0.15, -0.1) is 4.99 Å². The molecule has 1 saturated heterocycles. The number of guanidine groups is 1. The summed E-state index contributed by atoms with van der Waals surface area (Å²) in [6.45, 7) is 2.38. The second-order valence-electron chi connectivity index (χ2n) is 8.13. The van der Waals surface area contributed by atoms with Crippen molar-refractivity contribution in [3.8, 4) is 12.1 Å². The van der Waals surface area contributed by atoms with Crippen molar-refractivity contribution in [2.24, 2.45) is 10.7 Å². The number of unbranched alkanes of at least 4 members (excludes halogenated alkanes) is 8. The molecule has 1 aromatic rings. The summed E-state index contributed by atoms with van der Waals surface area (Å²) in [5.41, 5.74) is 6.79. The van der Waals surface area contributed by atoms with E-state index in [1.165, 1.54) is 51.4 Å². The van der Waals surface area contributed by atoms with Gasteiger partial charge in [0, 0.05) is 25.8 Å². The van der Waals surface area contributed by atoms with E-state index in [-0.39, 0.29) is 12.2 Å². The van der Waals surface area contributed by atoms with E-state index in [9.17, 15) is 0 Å². The van der Waals surface area contributed by atoms with Crippen molar-refractivity contribution in [2.45, 2.75) is 83.3 Å². The summed E-state index contributed by atoms with van der Waals surface area (Å²) in [5, 5.41) is 8.84. The first kappa shape index (κ1) is 25.9. The van der Waals surface area contributed by atoms with Gasteiger partial charge in [0.05, 0.1) is 19.0 Å². The fraction of sp³-hybridized carbons (Fsp3) is 0.708. The third kappa shape index (κ3) is 10.3. The third-order valence-electron chi connectivity index (χ3n) is 5.65. The van der Waals surface area contributed by atoms with E-state index in [2.05, 4.69) is 9.98 Å². The van der Waals surface area contributed by atoms with E-state index in [1.54, 1.807) is 25.6 Å². The first-order chi connectivity index (χ1) is 15.7. The molecule has 178 valence electrons. The SMILES string of the molecule is COc1ccc(N(CCCCCCCCCCCOC2CCCCO2)C(N)=NC#N)cn1. The zero-order valence-electron chi connectivity index (χ0n) is 19.5. The summed E-state index contributed by atoms with van der Waals surface area (Å²) >= 11 is 0. The zero-order chi connectivity index (χ0) is 22.9. The van der Waals surface area contributed by atoms with Crippen LogP contribution in [0.2, 0.25) is 0 Å². The molecule has 1 fully saturated rings. The summed E-state index contributed by atoms with van der Waals surface area (Å²) in [5.74, 6) is 0.730. The van der Waals surface area contributed by atoms with Crippen molar-refractivity contribution in [2.75, 3.05) is 31.8 Å². The standard InChI is InChI=1S/C24H39N5O3/c1-30-22-15-14-21(19-27-22)29(24(26)28-20-25)16-10-7-5-3-2-4-6-8-11-17-31-23-13-9-12-18-32-23/h14-15,19,23H,2-13,16-18H2,1H3,(H2,26,28). The Morgan fingerprint density at radius 3 is 2.47 bits per heavy atom. The average molecular weight is 446 g/mol. The zero-order valence-corrected chi connectivity index (χ0v) is 19.5. The molecule has 0 aliphatic carbocycles. The molecule has 2 N–H and O–H groups in total. The monoisotopic (exact) mass is 445 g/mol. The van der Waals surface area contributed by atoms with Crippen LogP contribution in [0.4, 0.5) is 5.69 Å². The number of nitrogens with zero attached hydrogens (tertiary/aromatic N) is 4. The Morgan fingerprint density at radius 1 is 1.16 bits per heavy atom. The molecular formula is C24H39N5O3. The van der Waals surface area contributed by atoms with E-state index in [0.29, 0.717) is 12.4 Å².